The van der Waals surface area contributed by atoms with Crippen molar-refractivity contribution in [3.8, 4) is 17.1 Å². The van der Waals surface area contributed by atoms with Gasteiger partial charge in [0.15, 0.2) is 0 Å². The molecule has 2 N–H and O–H groups in total. The van der Waals surface area contributed by atoms with Gasteiger partial charge in [-0.15, -0.1) is 0 Å². The minimum atomic E-state index is -0.599. The number of hydrogen-bond acceptors (Lipinski definition) is 7. The number of guanidine groups is 1. The van der Waals surface area contributed by atoms with Crippen LogP contribution in [0.4, 0.5) is 11.4 Å². The van der Waals surface area contributed by atoms with Crippen LogP contribution in [-0.4, -0.2) is 51.0 Å². The van der Waals surface area contributed by atoms with Gasteiger partial charge in [0.1, 0.15) is 0 Å². The van der Waals surface area contributed by atoms with Crippen molar-refractivity contribution in [1.82, 2.24) is 14.8 Å². The third-order valence-electron chi connectivity index (χ3n) is 6.05. The van der Waals surface area contributed by atoms with E-state index in [2.05, 4.69) is 20.4 Å². The van der Waals surface area contributed by atoms with E-state index in [-0.39, 0.29) is 11.8 Å². The van der Waals surface area contributed by atoms with Crippen LogP contribution in [0.3, 0.4) is 0 Å². The molecule has 0 spiro atoms. The Kier molecular flexibility index (Phi) is 5.33. The number of aryl methyl sites for hydroxylation is 2. The van der Waals surface area contributed by atoms with Crippen molar-refractivity contribution < 1.29 is 14.6 Å². The highest BCUT2D eigenvalue weighted by molar-refractivity contribution is 6.19. The molecule has 2 bridgehead atoms. The number of aliphatic imine (C=N–C) groups is 1. The number of rotatable bonds is 0. The van der Waals surface area contributed by atoms with Crippen molar-refractivity contribution in [2.75, 3.05) is 23.4 Å². The molecule has 1 amide bonds. The number of aliphatic hydroxyl groups excluding tert-OH is 1. The zero-order valence-corrected chi connectivity index (χ0v) is 18.8. The van der Waals surface area contributed by atoms with E-state index < -0.39 is 6.10 Å². The van der Waals surface area contributed by atoms with E-state index in [1.807, 2.05) is 43.0 Å². The summed E-state index contributed by atoms with van der Waals surface area (Å²) in [5.41, 5.74) is 4.20. The molecular weight excluding hydrogens is 420 g/mol. The Labute approximate surface area is 191 Å². The number of aromatic nitrogens is 3. The molecule has 2 aromatic heterocycles. The Morgan fingerprint density at radius 1 is 1.24 bits per heavy atom. The van der Waals surface area contributed by atoms with E-state index in [1.165, 1.54) is 0 Å². The van der Waals surface area contributed by atoms with Crippen molar-refractivity contribution in [2.24, 2.45) is 18.0 Å². The van der Waals surface area contributed by atoms with Crippen LogP contribution < -0.4 is 15.0 Å². The lowest BCUT2D eigenvalue weighted by Gasteiger charge is -2.23. The molecule has 2 aliphatic heterocycles. The monoisotopic (exact) mass is 446 g/mol. The van der Waals surface area contributed by atoms with Gasteiger partial charge in [-0.1, -0.05) is 19.1 Å². The number of carbonyl (C=O) groups is 1. The van der Waals surface area contributed by atoms with Crippen LogP contribution in [0.2, 0.25) is 0 Å². The van der Waals surface area contributed by atoms with E-state index in [9.17, 15) is 9.90 Å². The maximum Gasteiger partial charge on any atom is 0.280 e. The van der Waals surface area contributed by atoms with Crippen molar-refractivity contribution >= 4 is 23.2 Å². The number of pyridine rings is 1. The summed E-state index contributed by atoms with van der Waals surface area (Å²) in [7, 11) is 1.79. The third-order valence-corrected chi connectivity index (χ3v) is 6.05. The number of benzene rings is 1. The molecule has 170 valence electrons. The second-order valence-corrected chi connectivity index (χ2v) is 8.55. The zero-order valence-electron chi connectivity index (χ0n) is 18.8. The maximum absolute atomic E-state index is 13.2. The largest absolute Gasteiger partial charge is 0.477 e. The number of fused-ring (bicyclic) bond motifs is 7. The fourth-order valence-corrected chi connectivity index (χ4v) is 4.16. The first-order valence-corrected chi connectivity index (χ1v) is 11.0. The van der Waals surface area contributed by atoms with Gasteiger partial charge in [0.2, 0.25) is 11.8 Å². The van der Waals surface area contributed by atoms with Crippen LogP contribution in [0.15, 0.2) is 47.6 Å². The first-order valence-electron chi connectivity index (χ1n) is 11.0. The van der Waals surface area contributed by atoms with Gasteiger partial charge in [0.25, 0.3) is 5.91 Å². The SMILES string of the molecule is Cc1cc2cc(n1)-c1cnn(C)c1OC[C@@H](C)[C@H](O)CCN1/C(=N/C2=O)Nc2ccccc21. The predicted octanol–water partition coefficient (Wildman–Crippen LogP) is 3.00. The topological polar surface area (TPSA) is 105 Å². The second kappa shape index (κ2) is 8.32. The molecule has 3 aromatic rings. The van der Waals surface area contributed by atoms with Gasteiger partial charge >= 0.3 is 0 Å². The summed E-state index contributed by atoms with van der Waals surface area (Å²) < 4.78 is 7.72. The molecule has 2 atom stereocenters. The summed E-state index contributed by atoms with van der Waals surface area (Å²) in [6, 6.07) is 11.2. The molecule has 2 aliphatic rings. The first kappa shape index (κ1) is 21.1. The highest BCUT2D eigenvalue weighted by atomic mass is 16.5. The highest BCUT2D eigenvalue weighted by Crippen LogP contribution is 2.34. The fourth-order valence-electron chi connectivity index (χ4n) is 4.16. The van der Waals surface area contributed by atoms with E-state index >= 15 is 0 Å². The Morgan fingerprint density at radius 3 is 2.91 bits per heavy atom. The van der Waals surface area contributed by atoms with Gasteiger partial charge < -0.3 is 20.1 Å². The summed E-state index contributed by atoms with van der Waals surface area (Å²) >= 11 is 0. The van der Waals surface area contributed by atoms with Gasteiger partial charge in [-0.05, 0) is 37.6 Å². The number of carbonyl (C=O) groups excluding carboxylic acids is 1. The van der Waals surface area contributed by atoms with E-state index in [4.69, 9.17) is 4.74 Å². The smallest absolute Gasteiger partial charge is 0.280 e. The van der Waals surface area contributed by atoms with E-state index in [0.717, 1.165) is 11.4 Å². The molecule has 9 nitrogen and oxygen atoms in total. The van der Waals surface area contributed by atoms with Crippen LogP contribution >= 0.6 is 0 Å². The molecular formula is C24H26N6O3. The molecule has 5 rings (SSSR count). The van der Waals surface area contributed by atoms with E-state index in [1.54, 1.807) is 30.1 Å². The average molecular weight is 447 g/mol. The Hall–Kier alpha value is -3.72. The zero-order chi connectivity index (χ0) is 23.1. The van der Waals surface area contributed by atoms with Gasteiger partial charge in [0, 0.05) is 30.8 Å². The van der Waals surface area contributed by atoms with Crippen molar-refractivity contribution in [3.05, 3.63) is 53.9 Å². The Morgan fingerprint density at radius 2 is 2.06 bits per heavy atom. The molecule has 33 heavy (non-hydrogen) atoms. The molecule has 9 heteroatoms. The Bertz CT molecular complexity index is 1250. The highest BCUT2D eigenvalue weighted by Gasteiger charge is 2.28. The molecule has 0 fully saturated rings. The molecule has 1 aromatic carbocycles. The first-order chi connectivity index (χ1) is 15.9. The average Bonchev–Trinajstić information content (AvgIpc) is 3.34. The van der Waals surface area contributed by atoms with E-state index in [0.29, 0.717) is 53.9 Å². The third kappa shape index (κ3) is 3.95. The number of aliphatic hydroxyl groups is 1. The number of ether oxygens (including phenoxy) is 1. The minimum Gasteiger partial charge on any atom is -0.477 e. The summed E-state index contributed by atoms with van der Waals surface area (Å²) in [5, 5.41) is 18.4. The fraction of sp³-hybridized carbons (Fsp3) is 0.333. The minimum absolute atomic E-state index is 0.119. The van der Waals surface area contributed by atoms with Gasteiger partial charge in [-0.2, -0.15) is 10.1 Å². The molecule has 0 aliphatic carbocycles. The molecule has 0 saturated heterocycles. The van der Waals surface area contributed by atoms with Crippen LogP contribution in [-0.2, 0) is 7.05 Å². The number of para-hydroxylation sites is 2. The number of hydrogen-bond donors (Lipinski definition) is 2. The van der Waals surface area contributed by atoms with Crippen LogP contribution in [0, 0.1) is 12.8 Å². The van der Waals surface area contributed by atoms with Crippen molar-refractivity contribution in [2.45, 2.75) is 26.4 Å². The van der Waals surface area contributed by atoms with Crippen molar-refractivity contribution in [1.29, 1.82) is 0 Å². The van der Waals surface area contributed by atoms with Gasteiger partial charge in [-0.3, -0.25) is 9.78 Å². The summed E-state index contributed by atoms with van der Waals surface area (Å²) in [6.45, 7) is 4.61. The summed E-state index contributed by atoms with van der Waals surface area (Å²) in [4.78, 5) is 24.2. The van der Waals surface area contributed by atoms with Crippen LogP contribution in [0.25, 0.3) is 11.3 Å². The standard InChI is InChI=1S/C24H26N6O3/c1-14-13-33-23-17(12-25-29(23)3)19-11-16(10-15(2)26-19)22(32)28-24-27-18-6-4-5-7-20(18)30(24)9-8-21(14)31/h4-7,10-12,14,21,31H,8-9,13H2,1-3H3,(H,27,28,32)/t14-,21-/m1/s1. The van der Waals surface area contributed by atoms with Crippen molar-refractivity contribution in [3.63, 3.8) is 0 Å². The molecule has 0 radical (unpaired) electrons. The lowest BCUT2D eigenvalue weighted by molar-refractivity contribution is 0.0771. The van der Waals surface area contributed by atoms with Crippen LogP contribution in [0.1, 0.15) is 29.4 Å². The van der Waals surface area contributed by atoms with Gasteiger partial charge in [-0.25, -0.2) is 4.68 Å². The predicted molar refractivity (Wildman–Crippen MR) is 126 cm³/mol. The molecule has 4 heterocycles. The normalized spacial score (nSPS) is 22.0. The van der Waals surface area contributed by atoms with Gasteiger partial charge in [0.05, 0.1) is 41.5 Å². The lowest BCUT2D eigenvalue weighted by Crippen LogP contribution is -2.35. The Balaban J connectivity index is 1.61. The number of nitrogens with one attached hydrogen (secondary N) is 1. The number of amides is 1. The quantitative estimate of drug-likeness (QED) is 0.547. The molecule has 0 unspecified atom stereocenters. The molecule has 0 saturated carbocycles. The summed E-state index contributed by atoms with van der Waals surface area (Å²) in [6.07, 6.45) is 1.56. The van der Waals surface area contributed by atoms with Crippen LogP contribution in [0.5, 0.6) is 5.88 Å². The summed E-state index contributed by atoms with van der Waals surface area (Å²) in [5.74, 6) is 0.497. The second-order valence-electron chi connectivity index (χ2n) is 8.55. The number of anilines is 2. The lowest BCUT2D eigenvalue weighted by atomic mass is 10.0. The number of nitrogens with zero attached hydrogens (tertiary/aromatic N) is 5. The maximum atomic E-state index is 13.2.